The molecule has 2 heterocycles. The molecule has 25 heavy (non-hydrogen) atoms. The Morgan fingerprint density at radius 1 is 1.12 bits per heavy atom. The van der Waals surface area contributed by atoms with Crippen LogP contribution >= 0.6 is 15.9 Å². The van der Waals surface area contributed by atoms with Crippen LogP contribution in [0.25, 0.3) is 0 Å². The summed E-state index contributed by atoms with van der Waals surface area (Å²) in [5, 5.41) is 0. The molecule has 3 rings (SSSR count). The number of nitrogen functional groups attached to an aromatic ring is 1. The minimum Gasteiger partial charge on any atom is -0.393 e. The molecule has 0 spiro atoms. The Morgan fingerprint density at radius 3 is 2.56 bits per heavy atom. The lowest BCUT2D eigenvalue weighted by molar-refractivity contribution is 0.0962. The summed E-state index contributed by atoms with van der Waals surface area (Å²) < 4.78 is 0.718. The van der Waals surface area contributed by atoms with Gasteiger partial charge in [0.1, 0.15) is 12.0 Å². The molecule has 132 valence electrons. The molecule has 4 N–H and O–H groups in total. The first-order chi connectivity index (χ1) is 12.2. The lowest BCUT2D eigenvalue weighted by atomic mass is 10.2. The fourth-order valence-electron chi connectivity index (χ4n) is 2.85. The van der Waals surface area contributed by atoms with Crippen LogP contribution in [-0.2, 0) is 0 Å². The summed E-state index contributed by atoms with van der Waals surface area (Å²) in [4.78, 5) is 22.9. The van der Waals surface area contributed by atoms with Crippen LogP contribution in [0.2, 0.25) is 0 Å². The standard InChI is InChI=1S/C17H21BrN6O/c18-13-8-4-3-7-12(13)17(25)23-22-15-14(19)16(21-11-20-15)24-9-5-1-2-6-10-24/h3-4,7-8,11H,1-2,5-6,9-10,19H2,(H,23,25)(H,20,21,22). The van der Waals surface area contributed by atoms with Gasteiger partial charge in [-0.1, -0.05) is 25.0 Å². The van der Waals surface area contributed by atoms with Gasteiger partial charge in [0.15, 0.2) is 11.6 Å². The van der Waals surface area contributed by atoms with Gasteiger partial charge in [-0.3, -0.25) is 15.6 Å². The zero-order valence-electron chi connectivity index (χ0n) is 13.8. The fourth-order valence-corrected chi connectivity index (χ4v) is 3.31. The highest BCUT2D eigenvalue weighted by Crippen LogP contribution is 2.27. The van der Waals surface area contributed by atoms with Crippen molar-refractivity contribution in [1.82, 2.24) is 15.4 Å². The number of amides is 1. The van der Waals surface area contributed by atoms with E-state index in [-0.39, 0.29) is 5.91 Å². The molecule has 2 aromatic rings. The number of hydrogen-bond acceptors (Lipinski definition) is 6. The normalized spacial score (nSPS) is 14.7. The second-order valence-electron chi connectivity index (χ2n) is 5.92. The maximum Gasteiger partial charge on any atom is 0.270 e. The number of nitrogens with zero attached hydrogens (tertiary/aromatic N) is 3. The molecular formula is C17H21BrN6O. The third-order valence-electron chi connectivity index (χ3n) is 4.18. The number of hydrogen-bond donors (Lipinski definition) is 3. The van der Waals surface area contributed by atoms with Crippen LogP contribution < -0.4 is 21.5 Å². The van der Waals surface area contributed by atoms with Gasteiger partial charge in [0.05, 0.1) is 5.56 Å². The molecule has 0 unspecified atom stereocenters. The summed E-state index contributed by atoms with van der Waals surface area (Å²) in [6.07, 6.45) is 6.18. The topological polar surface area (TPSA) is 96.2 Å². The van der Waals surface area contributed by atoms with E-state index < -0.39 is 0 Å². The number of halogens is 1. The van der Waals surface area contributed by atoms with Crippen LogP contribution in [0, 0.1) is 0 Å². The van der Waals surface area contributed by atoms with E-state index in [1.165, 1.54) is 19.2 Å². The van der Waals surface area contributed by atoms with Crippen LogP contribution in [0.4, 0.5) is 17.3 Å². The smallest absolute Gasteiger partial charge is 0.270 e. The van der Waals surface area contributed by atoms with Gasteiger partial charge in [0, 0.05) is 17.6 Å². The van der Waals surface area contributed by atoms with Crippen molar-refractivity contribution in [3.8, 4) is 0 Å². The van der Waals surface area contributed by atoms with Gasteiger partial charge < -0.3 is 10.6 Å². The zero-order valence-corrected chi connectivity index (χ0v) is 15.4. The highest BCUT2D eigenvalue weighted by Gasteiger charge is 2.17. The van der Waals surface area contributed by atoms with Crippen LogP contribution in [0.15, 0.2) is 35.1 Å². The second-order valence-corrected chi connectivity index (χ2v) is 6.77. The van der Waals surface area contributed by atoms with E-state index in [4.69, 9.17) is 5.73 Å². The molecule has 1 fully saturated rings. The molecule has 7 nitrogen and oxygen atoms in total. The van der Waals surface area contributed by atoms with Crippen molar-refractivity contribution >= 4 is 39.2 Å². The Morgan fingerprint density at radius 2 is 1.84 bits per heavy atom. The van der Waals surface area contributed by atoms with Gasteiger partial charge in [0.25, 0.3) is 5.91 Å². The number of benzene rings is 1. The molecule has 0 radical (unpaired) electrons. The first kappa shape index (κ1) is 17.5. The van der Waals surface area contributed by atoms with E-state index in [1.807, 2.05) is 12.1 Å². The van der Waals surface area contributed by atoms with Crippen LogP contribution in [-0.4, -0.2) is 29.0 Å². The van der Waals surface area contributed by atoms with Crippen molar-refractivity contribution in [3.63, 3.8) is 0 Å². The number of carbonyl (C=O) groups is 1. The molecule has 1 saturated heterocycles. The van der Waals surface area contributed by atoms with Gasteiger partial charge in [0.2, 0.25) is 0 Å². The number of nitrogens with one attached hydrogen (secondary N) is 2. The Labute approximate surface area is 155 Å². The summed E-state index contributed by atoms with van der Waals surface area (Å²) in [5.41, 5.74) is 12.6. The van der Waals surface area contributed by atoms with E-state index in [9.17, 15) is 4.79 Å². The third-order valence-corrected chi connectivity index (χ3v) is 4.87. The molecule has 1 aromatic carbocycles. The number of hydrazine groups is 1. The molecule has 1 amide bonds. The monoisotopic (exact) mass is 404 g/mol. The predicted octanol–water partition coefficient (Wildman–Crippen LogP) is 2.96. The minimum atomic E-state index is -0.276. The molecule has 1 aliphatic rings. The molecule has 1 aliphatic heterocycles. The van der Waals surface area contributed by atoms with Crippen molar-refractivity contribution in [2.45, 2.75) is 25.7 Å². The minimum absolute atomic E-state index is 0.276. The van der Waals surface area contributed by atoms with Crippen LogP contribution in [0.1, 0.15) is 36.0 Å². The summed E-state index contributed by atoms with van der Waals surface area (Å²) in [7, 11) is 0. The van der Waals surface area contributed by atoms with Crippen molar-refractivity contribution in [1.29, 1.82) is 0 Å². The van der Waals surface area contributed by atoms with Gasteiger partial charge in [-0.15, -0.1) is 0 Å². The molecular weight excluding hydrogens is 384 g/mol. The summed E-state index contributed by atoms with van der Waals surface area (Å²) >= 11 is 3.36. The molecule has 0 atom stereocenters. The largest absolute Gasteiger partial charge is 0.393 e. The molecule has 1 aromatic heterocycles. The average Bonchev–Trinajstić information content (AvgIpc) is 2.90. The molecule has 0 bridgehead atoms. The van der Waals surface area contributed by atoms with Gasteiger partial charge >= 0.3 is 0 Å². The van der Waals surface area contributed by atoms with Crippen molar-refractivity contribution in [3.05, 3.63) is 40.6 Å². The highest BCUT2D eigenvalue weighted by molar-refractivity contribution is 9.10. The van der Waals surface area contributed by atoms with Gasteiger partial charge in [-0.25, -0.2) is 9.97 Å². The zero-order chi connectivity index (χ0) is 17.6. The Bertz CT molecular complexity index is 746. The van der Waals surface area contributed by atoms with E-state index in [0.29, 0.717) is 17.1 Å². The van der Waals surface area contributed by atoms with E-state index in [0.717, 1.165) is 36.2 Å². The number of aromatic nitrogens is 2. The van der Waals surface area contributed by atoms with Crippen LogP contribution in [0.5, 0.6) is 0 Å². The van der Waals surface area contributed by atoms with Crippen molar-refractivity contribution in [2.75, 3.05) is 29.1 Å². The van der Waals surface area contributed by atoms with E-state index in [1.54, 1.807) is 12.1 Å². The van der Waals surface area contributed by atoms with Crippen LogP contribution in [0.3, 0.4) is 0 Å². The Hall–Kier alpha value is -2.35. The number of anilines is 3. The van der Waals surface area contributed by atoms with Crippen molar-refractivity contribution in [2.24, 2.45) is 0 Å². The molecule has 8 heteroatoms. The lowest BCUT2D eigenvalue weighted by Gasteiger charge is -2.23. The number of nitrogens with two attached hydrogens (primary N) is 1. The fraction of sp³-hybridized carbons (Fsp3) is 0.353. The Balaban J connectivity index is 1.71. The molecule has 0 saturated carbocycles. The maximum absolute atomic E-state index is 12.3. The van der Waals surface area contributed by atoms with E-state index >= 15 is 0 Å². The predicted molar refractivity (Wildman–Crippen MR) is 102 cm³/mol. The number of carbonyl (C=O) groups excluding carboxylic acids is 1. The molecule has 0 aliphatic carbocycles. The lowest BCUT2D eigenvalue weighted by Crippen LogP contribution is -2.31. The quantitative estimate of drug-likeness (QED) is 0.677. The summed E-state index contributed by atoms with van der Waals surface area (Å²) in [6, 6.07) is 7.19. The SMILES string of the molecule is Nc1c(NNC(=O)c2ccccc2Br)ncnc1N1CCCCCC1. The highest BCUT2D eigenvalue weighted by atomic mass is 79.9. The van der Waals surface area contributed by atoms with E-state index in [2.05, 4.69) is 41.6 Å². The third kappa shape index (κ3) is 4.19. The van der Waals surface area contributed by atoms with Crippen molar-refractivity contribution < 1.29 is 4.79 Å². The summed E-state index contributed by atoms with van der Waals surface area (Å²) in [5.74, 6) is 0.839. The Kier molecular flexibility index (Phi) is 5.70. The second kappa shape index (κ2) is 8.15. The van der Waals surface area contributed by atoms with Gasteiger partial charge in [-0.05, 0) is 40.9 Å². The summed E-state index contributed by atoms with van der Waals surface area (Å²) in [6.45, 7) is 1.87. The number of rotatable bonds is 4. The first-order valence-electron chi connectivity index (χ1n) is 8.33. The first-order valence-corrected chi connectivity index (χ1v) is 9.12. The maximum atomic E-state index is 12.3. The van der Waals surface area contributed by atoms with Gasteiger partial charge in [-0.2, -0.15) is 0 Å². The average molecular weight is 405 g/mol.